The molecule has 1 N–H and O–H groups in total. The van der Waals surface area contributed by atoms with E-state index in [4.69, 9.17) is 4.74 Å². The minimum absolute atomic E-state index is 0.0901. The Morgan fingerprint density at radius 1 is 1.44 bits per heavy atom. The highest BCUT2D eigenvalue weighted by atomic mass is 79.9. The van der Waals surface area contributed by atoms with Crippen molar-refractivity contribution in [1.82, 2.24) is 0 Å². The topological polar surface area (TPSA) is 38.3 Å². The van der Waals surface area contributed by atoms with Crippen molar-refractivity contribution in [3.05, 3.63) is 23.8 Å². The summed E-state index contributed by atoms with van der Waals surface area (Å²) in [6.45, 7) is 8.31. The van der Waals surface area contributed by atoms with Crippen molar-refractivity contribution in [3.63, 3.8) is 0 Å². The van der Waals surface area contributed by atoms with E-state index in [1.807, 2.05) is 39.0 Å². The highest BCUT2D eigenvalue weighted by molar-refractivity contribution is 9.10. The van der Waals surface area contributed by atoms with Crippen LogP contribution >= 0.6 is 15.9 Å². The van der Waals surface area contributed by atoms with E-state index >= 15 is 0 Å². The minimum Gasteiger partial charge on any atom is -0.491 e. The first-order valence-electron chi connectivity index (χ1n) is 6.08. The second kappa shape index (κ2) is 6.23. The van der Waals surface area contributed by atoms with Gasteiger partial charge in [0.2, 0.25) is 5.91 Å². The first kappa shape index (κ1) is 15.0. The number of anilines is 1. The second-order valence-electron chi connectivity index (χ2n) is 4.77. The fraction of sp³-hybridized carbons (Fsp3) is 0.500. The number of nitrogens with one attached hydrogen (secondary N) is 1. The van der Waals surface area contributed by atoms with Gasteiger partial charge in [-0.2, -0.15) is 0 Å². The standard InChI is InChI=1S/C14H20BrNO2/c1-5-8-18-12-9-10(2)6-7-11(12)16-13(17)14(3,4)15/h6-7,9H,5,8H2,1-4H3,(H,16,17). The molecule has 0 unspecified atom stereocenters. The van der Waals surface area contributed by atoms with Gasteiger partial charge in [0.15, 0.2) is 0 Å². The third-order valence-electron chi connectivity index (χ3n) is 2.39. The summed E-state index contributed by atoms with van der Waals surface area (Å²) in [6.07, 6.45) is 0.936. The van der Waals surface area contributed by atoms with Crippen molar-refractivity contribution in [2.75, 3.05) is 11.9 Å². The Labute approximate surface area is 117 Å². The van der Waals surface area contributed by atoms with Crippen molar-refractivity contribution in [1.29, 1.82) is 0 Å². The highest BCUT2D eigenvalue weighted by Gasteiger charge is 2.24. The summed E-state index contributed by atoms with van der Waals surface area (Å²) >= 11 is 3.34. The van der Waals surface area contributed by atoms with Gasteiger partial charge in [-0.3, -0.25) is 4.79 Å². The molecule has 1 amide bonds. The zero-order valence-electron chi connectivity index (χ0n) is 11.3. The Hall–Kier alpha value is -1.03. The molecule has 0 heterocycles. The number of rotatable bonds is 5. The van der Waals surface area contributed by atoms with Crippen LogP contribution in [0.1, 0.15) is 32.8 Å². The third kappa shape index (κ3) is 4.33. The van der Waals surface area contributed by atoms with Crippen molar-refractivity contribution in [2.24, 2.45) is 0 Å². The van der Waals surface area contributed by atoms with Crippen LogP contribution in [0.3, 0.4) is 0 Å². The predicted octanol–water partition coefficient (Wildman–Crippen LogP) is 3.90. The van der Waals surface area contributed by atoms with Crippen LogP contribution in [0.25, 0.3) is 0 Å². The fourth-order valence-electron chi connectivity index (χ4n) is 1.34. The number of hydrogen-bond donors (Lipinski definition) is 1. The molecule has 0 atom stereocenters. The van der Waals surface area contributed by atoms with Crippen molar-refractivity contribution in [2.45, 2.75) is 38.4 Å². The van der Waals surface area contributed by atoms with E-state index in [0.29, 0.717) is 12.3 Å². The largest absolute Gasteiger partial charge is 0.491 e. The summed E-state index contributed by atoms with van der Waals surface area (Å²) in [5.74, 6) is 0.634. The van der Waals surface area contributed by atoms with Crippen LogP contribution in [-0.4, -0.2) is 16.8 Å². The monoisotopic (exact) mass is 313 g/mol. The first-order valence-corrected chi connectivity index (χ1v) is 6.87. The van der Waals surface area contributed by atoms with E-state index in [1.165, 1.54) is 0 Å². The first-order chi connectivity index (χ1) is 8.34. The number of benzene rings is 1. The molecule has 3 nitrogen and oxygen atoms in total. The van der Waals surface area contributed by atoms with Crippen molar-refractivity contribution < 1.29 is 9.53 Å². The lowest BCUT2D eigenvalue weighted by molar-refractivity contribution is -0.117. The molecule has 0 aliphatic heterocycles. The number of ether oxygens (including phenoxy) is 1. The van der Waals surface area contributed by atoms with Crippen LogP contribution in [0.15, 0.2) is 18.2 Å². The lowest BCUT2D eigenvalue weighted by atomic mass is 10.1. The van der Waals surface area contributed by atoms with Crippen LogP contribution < -0.4 is 10.1 Å². The van der Waals surface area contributed by atoms with Crippen LogP contribution in [0.2, 0.25) is 0 Å². The highest BCUT2D eigenvalue weighted by Crippen LogP contribution is 2.28. The SMILES string of the molecule is CCCOc1cc(C)ccc1NC(=O)C(C)(C)Br. The fourth-order valence-corrected chi connectivity index (χ4v) is 1.43. The van der Waals surface area contributed by atoms with Crippen molar-refractivity contribution in [3.8, 4) is 5.75 Å². The Kier molecular flexibility index (Phi) is 5.20. The Bertz CT molecular complexity index is 424. The van der Waals surface area contributed by atoms with Crippen molar-refractivity contribution >= 4 is 27.5 Å². The number of alkyl halides is 1. The van der Waals surface area contributed by atoms with Gasteiger partial charge in [-0.25, -0.2) is 0 Å². The normalized spacial score (nSPS) is 11.2. The lowest BCUT2D eigenvalue weighted by Gasteiger charge is -2.18. The lowest BCUT2D eigenvalue weighted by Crippen LogP contribution is -2.31. The van der Waals surface area contributed by atoms with E-state index in [0.717, 1.165) is 17.7 Å². The number of carbonyl (C=O) groups is 1. The van der Waals surface area contributed by atoms with Crippen LogP contribution in [-0.2, 0) is 4.79 Å². The van der Waals surface area contributed by atoms with Gasteiger partial charge in [-0.15, -0.1) is 0 Å². The zero-order valence-corrected chi connectivity index (χ0v) is 12.9. The molecule has 0 spiro atoms. The predicted molar refractivity (Wildman–Crippen MR) is 78.6 cm³/mol. The molecule has 0 bridgehead atoms. The minimum atomic E-state index is -0.597. The molecule has 1 rings (SSSR count). The molecule has 0 fully saturated rings. The summed E-state index contributed by atoms with van der Waals surface area (Å²) in [7, 11) is 0. The van der Waals surface area contributed by atoms with Gasteiger partial charge in [-0.1, -0.05) is 28.9 Å². The molecule has 0 aliphatic carbocycles. The number of hydrogen-bond acceptors (Lipinski definition) is 2. The Morgan fingerprint density at radius 3 is 2.67 bits per heavy atom. The van der Waals surface area contributed by atoms with E-state index in [1.54, 1.807) is 0 Å². The Balaban J connectivity index is 2.90. The maximum Gasteiger partial charge on any atom is 0.240 e. The molecule has 0 aromatic heterocycles. The third-order valence-corrected chi connectivity index (χ3v) is 2.75. The molecule has 1 aromatic rings. The van der Waals surface area contributed by atoms with Gasteiger partial charge >= 0.3 is 0 Å². The number of aryl methyl sites for hydroxylation is 1. The maximum absolute atomic E-state index is 11.9. The van der Waals surface area contributed by atoms with Gasteiger partial charge in [0.25, 0.3) is 0 Å². The quantitative estimate of drug-likeness (QED) is 0.837. The van der Waals surface area contributed by atoms with Gasteiger partial charge in [0.1, 0.15) is 5.75 Å². The van der Waals surface area contributed by atoms with Crippen LogP contribution in [0, 0.1) is 6.92 Å². The van der Waals surface area contributed by atoms with E-state index in [2.05, 4.69) is 28.2 Å². The molecule has 18 heavy (non-hydrogen) atoms. The smallest absolute Gasteiger partial charge is 0.240 e. The average molecular weight is 314 g/mol. The Morgan fingerprint density at radius 2 is 2.11 bits per heavy atom. The van der Waals surface area contributed by atoms with E-state index < -0.39 is 4.32 Å². The summed E-state index contributed by atoms with van der Waals surface area (Å²) in [5, 5.41) is 2.88. The summed E-state index contributed by atoms with van der Waals surface area (Å²) in [6, 6.07) is 5.76. The molecule has 100 valence electrons. The zero-order chi connectivity index (χ0) is 13.8. The maximum atomic E-state index is 11.9. The molecule has 1 aromatic carbocycles. The second-order valence-corrected chi connectivity index (χ2v) is 6.76. The van der Waals surface area contributed by atoms with E-state index in [-0.39, 0.29) is 5.91 Å². The average Bonchev–Trinajstić information content (AvgIpc) is 2.28. The molecule has 0 aliphatic rings. The molecular weight excluding hydrogens is 294 g/mol. The number of carbonyl (C=O) groups excluding carboxylic acids is 1. The van der Waals surface area contributed by atoms with Crippen LogP contribution in [0.4, 0.5) is 5.69 Å². The molecule has 0 saturated carbocycles. The van der Waals surface area contributed by atoms with Gasteiger partial charge in [-0.05, 0) is 44.9 Å². The summed E-state index contributed by atoms with van der Waals surface area (Å²) in [5.41, 5.74) is 1.82. The van der Waals surface area contributed by atoms with Crippen LogP contribution in [0.5, 0.6) is 5.75 Å². The molecule has 4 heteroatoms. The van der Waals surface area contributed by atoms with Gasteiger partial charge < -0.3 is 10.1 Å². The summed E-state index contributed by atoms with van der Waals surface area (Å²) < 4.78 is 5.05. The summed E-state index contributed by atoms with van der Waals surface area (Å²) in [4.78, 5) is 11.9. The molecule has 0 saturated heterocycles. The van der Waals surface area contributed by atoms with E-state index in [9.17, 15) is 4.79 Å². The van der Waals surface area contributed by atoms with Gasteiger partial charge in [0, 0.05) is 0 Å². The number of amides is 1. The molecular formula is C14H20BrNO2. The van der Waals surface area contributed by atoms with Gasteiger partial charge in [0.05, 0.1) is 16.6 Å². The number of halogens is 1. The molecule has 0 radical (unpaired) electrons.